The summed E-state index contributed by atoms with van der Waals surface area (Å²) in [6.07, 6.45) is 4.65. The number of hydrogen-bond donors (Lipinski definition) is 2. The molecule has 4 rings (SSSR count). The van der Waals surface area contributed by atoms with Gasteiger partial charge in [-0.15, -0.1) is 0 Å². The molecule has 29 heavy (non-hydrogen) atoms. The van der Waals surface area contributed by atoms with Crippen molar-refractivity contribution in [3.05, 3.63) is 59.0 Å². The zero-order chi connectivity index (χ0) is 20.6. The third kappa shape index (κ3) is 3.63. The van der Waals surface area contributed by atoms with Crippen molar-refractivity contribution in [2.24, 2.45) is 11.1 Å². The third-order valence-electron chi connectivity index (χ3n) is 5.67. The molecule has 0 bridgehead atoms. The number of nitrogens with one attached hydrogen (secondary N) is 1. The predicted molar refractivity (Wildman–Crippen MR) is 100 cm³/mol. The minimum Gasteiger partial charge on any atom is -0.474 e. The topological polar surface area (TPSA) is 118 Å². The van der Waals surface area contributed by atoms with Crippen LogP contribution in [0.5, 0.6) is 5.88 Å². The van der Waals surface area contributed by atoms with Crippen LogP contribution in [0.15, 0.2) is 36.5 Å². The summed E-state index contributed by atoms with van der Waals surface area (Å²) in [6.45, 7) is 0. The molecule has 0 saturated heterocycles. The van der Waals surface area contributed by atoms with E-state index in [1.807, 2.05) is 6.07 Å². The lowest BCUT2D eigenvalue weighted by atomic mass is 9.53. The normalized spacial score (nSPS) is 24.7. The smallest absolute Gasteiger partial charge is 0.254 e. The van der Waals surface area contributed by atoms with Gasteiger partial charge in [-0.3, -0.25) is 9.59 Å². The van der Waals surface area contributed by atoms with E-state index in [0.717, 1.165) is 31.7 Å². The summed E-state index contributed by atoms with van der Waals surface area (Å²) < 4.78 is 19.7. The molecular formula is C21H19FN4O3. The molecule has 1 aromatic carbocycles. The van der Waals surface area contributed by atoms with Gasteiger partial charge in [0.2, 0.25) is 5.88 Å². The molecule has 2 aliphatic rings. The van der Waals surface area contributed by atoms with E-state index in [9.17, 15) is 14.0 Å². The third-order valence-corrected chi connectivity index (χ3v) is 5.67. The Hall–Kier alpha value is -3.47. The first-order valence-electron chi connectivity index (χ1n) is 9.31. The minimum atomic E-state index is -0.645. The van der Waals surface area contributed by atoms with Crippen LogP contribution in [0.3, 0.4) is 0 Å². The van der Waals surface area contributed by atoms with Crippen LogP contribution in [0.25, 0.3) is 0 Å². The number of hydrogen-bond acceptors (Lipinski definition) is 5. The van der Waals surface area contributed by atoms with Crippen molar-refractivity contribution < 1.29 is 18.7 Å². The Morgan fingerprint density at radius 2 is 2.00 bits per heavy atom. The molecule has 0 unspecified atom stereocenters. The van der Waals surface area contributed by atoms with Gasteiger partial charge in [0.1, 0.15) is 17.5 Å². The van der Waals surface area contributed by atoms with Crippen LogP contribution in [0.1, 0.15) is 52.0 Å². The molecular weight excluding hydrogens is 375 g/mol. The van der Waals surface area contributed by atoms with Crippen molar-refractivity contribution in [1.82, 2.24) is 10.3 Å². The Labute approximate surface area is 166 Å². The fourth-order valence-corrected chi connectivity index (χ4v) is 4.27. The maximum absolute atomic E-state index is 13.9. The fourth-order valence-electron chi connectivity index (χ4n) is 4.27. The first-order chi connectivity index (χ1) is 13.9. The lowest BCUT2D eigenvalue weighted by molar-refractivity contribution is -0.0848. The van der Waals surface area contributed by atoms with Crippen LogP contribution >= 0.6 is 0 Å². The highest BCUT2D eigenvalue weighted by Gasteiger charge is 2.54. The summed E-state index contributed by atoms with van der Waals surface area (Å²) in [7, 11) is 0. The Morgan fingerprint density at radius 3 is 2.69 bits per heavy atom. The molecule has 0 atom stereocenters. The lowest BCUT2D eigenvalue weighted by Crippen LogP contribution is -2.58. The number of ether oxygens (including phenoxy) is 1. The quantitative estimate of drug-likeness (QED) is 0.807. The summed E-state index contributed by atoms with van der Waals surface area (Å²) >= 11 is 0. The number of nitriles is 1. The molecule has 1 heterocycles. The summed E-state index contributed by atoms with van der Waals surface area (Å²) in [5.41, 5.74) is 5.82. The van der Waals surface area contributed by atoms with Crippen molar-refractivity contribution in [2.75, 3.05) is 0 Å². The van der Waals surface area contributed by atoms with E-state index in [1.165, 1.54) is 12.1 Å². The van der Waals surface area contributed by atoms with Crippen molar-refractivity contribution in [1.29, 1.82) is 5.26 Å². The van der Waals surface area contributed by atoms with Gasteiger partial charge in [-0.2, -0.15) is 5.26 Å². The van der Waals surface area contributed by atoms with E-state index in [2.05, 4.69) is 10.3 Å². The molecule has 0 radical (unpaired) electrons. The van der Waals surface area contributed by atoms with E-state index < -0.39 is 17.6 Å². The number of amides is 2. The van der Waals surface area contributed by atoms with Crippen LogP contribution in [0.2, 0.25) is 0 Å². The number of halogens is 1. The number of pyridine rings is 1. The maximum Gasteiger partial charge on any atom is 0.254 e. The standard InChI is InChI=1S/C21H19FN4O3/c22-17-4-3-12(11-23)6-16(17)19(28)26-13-7-21(8-13)9-14(10-21)29-20-15(18(24)27)2-1-5-25-20/h1-6,13-14H,7-10H2,(H2,24,27)(H,26,28). The SMILES string of the molecule is N#Cc1ccc(F)c(C(=O)NC2CC3(C2)CC(Oc2ncccc2C(N)=O)C3)c1. The van der Waals surface area contributed by atoms with E-state index in [1.54, 1.807) is 18.3 Å². The summed E-state index contributed by atoms with van der Waals surface area (Å²) in [5.74, 6) is -1.49. The minimum absolute atomic E-state index is 0.0374. The van der Waals surface area contributed by atoms with Crippen molar-refractivity contribution in [2.45, 2.75) is 37.8 Å². The average molecular weight is 394 g/mol. The number of nitrogens with two attached hydrogens (primary N) is 1. The molecule has 8 heteroatoms. The number of benzene rings is 1. The highest BCUT2D eigenvalue weighted by molar-refractivity contribution is 5.95. The van der Waals surface area contributed by atoms with E-state index in [4.69, 9.17) is 15.7 Å². The van der Waals surface area contributed by atoms with Gasteiger partial charge in [-0.25, -0.2) is 9.37 Å². The molecule has 1 aromatic heterocycles. The van der Waals surface area contributed by atoms with Crippen molar-refractivity contribution >= 4 is 11.8 Å². The fraction of sp³-hybridized carbons (Fsp3) is 0.333. The van der Waals surface area contributed by atoms with Crippen LogP contribution < -0.4 is 15.8 Å². The van der Waals surface area contributed by atoms with Gasteiger partial charge < -0.3 is 15.8 Å². The van der Waals surface area contributed by atoms with Gasteiger partial charge in [-0.1, -0.05) is 0 Å². The number of rotatable bonds is 5. The maximum atomic E-state index is 13.9. The largest absolute Gasteiger partial charge is 0.474 e. The molecule has 0 aliphatic heterocycles. The average Bonchev–Trinajstić information content (AvgIpc) is 2.65. The summed E-state index contributed by atoms with van der Waals surface area (Å²) in [4.78, 5) is 27.9. The van der Waals surface area contributed by atoms with E-state index >= 15 is 0 Å². The van der Waals surface area contributed by atoms with Gasteiger partial charge in [0.15, 0.2) is 0 Å². The number of carbonyl (C=O) groups excluding carboxylic acids is 2. The number of nitrogens with zero attached hydrogens (tertiary/aromatic N) is 2. The van der Waals surface area contributed by atoms with Crippen LogP contribution in [-0.4, -0.2) is 28.9 Å². The molecule has 2 fully saturated rings. The van der Waals surface area contributed by atoms with Gasteiger partial charge in [0.25, 0.3) is 11.8 Å². The first-order valence-corrected chi connectivity index (χ1v) is 9.31. The second-order valence-electron chi connectivity index (χ2n) is 7.75. The van der Waals surface area contributed by atoms with Gasteiger partial charge in [0.05, 0.1) is 17.2 Å². The Bertz CT molecular complexity index is 1020. The van der Waals surface area contributed by atoms with E-state index in [0.29, 0.717) is 0 Å². The van der Waals surface area contributed by atoms with Crippen LogP contribution in [0, 0.1) is 22.6 Å². The van der Waals surface area contributed by atoms with E-state index in [-0.39, 0.29) is 40.1 Å². The monoisotopic (exact) mass is 394 g/mol. The summed E-state index contributed by atoms with van der Waals surface area (Å²) in [6, 6.07) is 8.80. The lowest BCUT2D eigenvalue weighted by Gasteiger charge is -2.57. The van der Waals surface area contributed by atoms with Gasteiger partial charge in [0, 0.05) is 12.2 Å². The molecule has 3 N–H and O–H groups in total. The Balaban J connectivity index is 1.29. The van der Waals surface area contributed by atoms with Gasteiger partial charge >= 0.3 is 0 Å². The molecule has 2 aromatic rings. The molecule has 1 spiro atoms. The van der Waals surface area contributed by atoms with Crippen molar-refractivity contribution in [3.8, 4) is 11.9 Å². The Kier molecular flexibility index (Phi) is 4.66. The zero-order valence-electron chi connectivity index (χ0n) is 15.5. The van der Waals surface area contributed by atoms with Crippen LogP contribution in [0.4, 0.5) is 4.39 Å². The molecule has 7 nitrogen and oxygen atoms in total. The molecule has 148 valence electrons. The predicted octanol–water partition coefficient (Wildman–Crippen LogP) is 2.31. The van der Waals surface area contributed by atoms with Crippen LogP contribution in [-0.2, 0) is 0 Å². The number of primary amides is 1. The number of aromatic nitrogens is 1. The zero-order valence-corrected chi connectivity index (χ0v) is 15.5. The molecule has 2 amide bonds. The van der Waals surface area contributed by atoms with Gasteiger partial charge in [-0.05, 0) is 61.4 Å². The molecule has 2 aliphatic carbocycles. The highest BCUT2D eigenvalue weighted by Crippen LogP contribution is 2.56. The molecule has 2 saturated carbocycles. The second kappa shape index (κ2) is 7.17. The Morgan fingerprint density at radius 1 is 1.24 bits per heavy atom. The summed E-state index contributed by atoms with van der Waals surface area (Å²) in [5, 5.41) is 11.7. The number of carbonyl (C=O) groups is 2. The van der Waals surface area contributed by atoms with Crippen molar-refractivity contribution in [3.63, 3.8) is 0 Å². The second-order valence-corrected chi connectivity index (χ2v) is 7.75. The first kappa shape index (κ1) is 18.9. The highest BCUT2D eigenvalue weighted by atomic mass is 19.1.